The van der Waals surface area contributed by atoms with Crippen molar-refractivity contribution in [3.63, 3.8) is 0 Å². The molecule has 0 saturated carbocycles. The Morgan fingerprint density at radius 3 is 2.33 bits per heavy atom. The highest BCUT2D eigenvalue weighted by Gasteiger charge is 1.87. The molecule has 0 bridgehead atoms. The first kappa shape index (κ1) is 8.30. The molecule has 0 saturated heterocycles. The summed E-state index contributed by atoms with van der Waals surface area (Å²) in [6.45, 7) is 4.00. The first-order valence-corrected chi connectivity index (χ1v) is 3.13. The van der Waals surface area contributed by atoms with Crippen molar-refractivity contribution in [2.75, 3.05) is 5.73 Å². The number of hydrogen-bond donors (Lipinski definition) is 2. The van der Waals surface area contributed by atoms with Crippen LogP contribution in [0.1, 0.15) is 13.8 Å². The summed E-state index contributed by atoms with van der Waals surface area (Å²) in [5.74, 6) is 0.421. The van der Waals surface area contributed by atoms with Gasteiger partial charge in [-0.3, -0.25) is 5.10 Å². The van der Waals surface area contributed by atoms with Crippen LogP contribution in [0.25, 0.3) is 0 Å². The smallest absolute Gasteiger partial charge is 0.146 e. The van der Waals surface area contributed by atoms with Gasteiger partial charge in [-0.25, -0.2) is 0 Å². The number of H-pyrrole nitrogens is 1. The molecule has 4 heteroatoms. The molecule has 0 atom stereocenters. The van der Waals surface area contributed by atoms with E-state index in [0.717, 1.165) is 0 Å². The largest absolute Gasteiger partial charge is 0.382 e. The molecule has 1 aromatic rings. The van der Waals surface area contributed by atoms with Gasteiger partial charge in [-0.15, -0.1) is 0 Å². The summed E-state index contributed by atoms with van der Waals surface area (Å²) >= 11 is 5.36. The van der Waals surface area contributed by atoms with Crippen LogP contribution in [-0.2, 0) is 0 Å². The van der Waals surface area contributed by atoms with Crippen LogP contribution >= 0.6 is 11.6 Å². The molecule has 0 fully saturated rings. The van der Waals surface area contributed by atoms with Crippen LogP contribution in [0.15, 0.2) is 6.07 Å². The van der Waals surface area contributed by atoms with Crippen molar-refractivity contribution >= 4 is 17.4 Å². The zero-order valence-corrected chi connectivity index (χ0v) is 6.24. The van der Waals surface area contributed by atoms with E-state index in [1.165, 1.54) is 0 Å². The maximum absolute atomic E-state index is 5.36. The SMILES string of the molecule is CC.Nc1cc(Cl)[nH]n1. The van der Waals surface area contributed by atoms with Crippen LogP contribution in [0, 0.1) is 0 Å². The number of nitrogen functional groups attached to an aromatic ring is 1. The third-order valence-corrected chi connectivity index (χ3v) is 0.760. The molecule has 0 aliphatic carbocycles. The van der Waals surface area contributed by atoms with Crippen molar-refractivity contribution in [2.45, 2.75) is 13.8 Å². The van der Waals surface area contributed by atoms with E-state index in [9.17, 15) is 0 Å². The lowest BCUT2D eigenvalue weighted by Crippen LogP contribution is -1.81. The number of nitrogens with zero attached hydrogens (tertiary/aromatic N) is 1. The minimum Gasteiger partial charge on any atom is -0.382 e. The Labute approximate surface area is 59.2 Å². The minimum absolute atomic E-state index is 0.421. The van der Waals surface area contributed by atoms with Crippen molar-refractivity contribution in [1.82, 2.24) is 10.2 Å². The molecule has 0 amide bonds. The highest BCUT2D eigenvalue weighted by Crippen LogP contribution is 2.04. The normalized spacial score (nSPS) is 7.89. The number of hydrogen-bond acceptors (Lipinski definition) is 2. The molecular weight excluding hydrogens is 138 g/mol. The third-order valence-electron chi connectivity index (χ3n) is 0.566. The Hall–Kier alpha value is -0.700. The molecule has 1 heterocycles. The Morgan fingerprint density at radius 1 is 1.67 bits per heavy atom. The van der Waals surface area contributed by atoms with Gasteiger partial charge < -0.3 is 5.73 Å². The average molecular weight is 148 g/mol. The summed E-state index contributed by atoms with van der Waals surface area (Å²) < 4.78 is 0. The molecule has 0 radical (unpaired) electrons. The molecule has 1 rings (SSSR count). The molecule has 1 aromatic heterocycles. The summed E-state index contributed by atoms with van der Waals surface area (Å²) in [4.78, 5) is 0. The van der Waals surface area contributed by atoms with E-state index in [2.05, 4.69) is 10.2 Å². The fourth-order valence-electron chi connectivity index (χ4n) is 0.312. The molecule has 0 aliphatic rings. The number of rotatable bonds is 0. The minimum atomic E-state index is 0.421. The van der Waals surface area contributed by atoms with E-state index >= 15 is 0 Å². The van der Waals surface area contributed by atoms with Crippen LogP contribution in [0.3, 0.4) is 0 Å². The Morgan fingerprint density at radius 2 is 2.22 bits per heavy atom. The van der Waals surface area contributed by atoms with Crippen LogP contribution in [0.2, 0.25) is 5.15 Å². The molecule has 3 nitrogen and oxygen atoms in total. The fraction of sp³-hybridized carbons (Fsp3) is 0.400. The van der Waals surface area contributed by atoms with Gasteiger partial charge in [-0.2, -0.15) is 5.10 Å². The third kappa shape index (κ3) is 2.98. The van der Waals surface area contributed by atoms with Gasteiger partial charge in [0.25, 0.3) is 0 Å². The monoisotopic (exact) mass is 147 g/mol. The van der Waals surface area contributed by atoms with Gasteiger partial charge in [0.1, 0.15) is 11.0 Å². The maximum Gasteiger partial charge on any atom is 0.146 e. The fourth-order valence-corrected chi connectivity index (χ4v) is 0.466. The number of nitrogens with two attached hydrogens (primary N) is 1. The van der Waals surface area contributed by atoms with Crippen molar-refractivity contribution in [1.29, 1.82) is 0 Å². The van der Waals surface area contributed by atoms with Gasteiger partial charge >= 0.3 is 0 Å². The second-order valence-corrected chi connectivity index (χ2v) is 1.55. The van der Waals surface area contributed by atoms with Gasteiger partial charge in [-0.05, 0) is 0 Å². The predicted octanol–water partition coefficient (Wildman–Crippen LogP) is 1.67. The second kappa shape index (κ2) is 4.21. The van der Waals surface area contributed by atoms with Crippen molar-refractivity contribution in [2.24, 2.45) is 0 Å². The van der Waals surface area contributed by atoms with E-state index in [1.54, 1.807) is 6.07 Å². The molecule has 0 aliphatic heterocycles. The van der Waals surface area contributed by atoms with E-state index < -0.39 is 0 Å². The number of aromatic nitrogens is 2. The van der Waals surface area contributed by atoms with Crippen molar-refractivity contribution in [3.8, 4) is 0 Å². The second-order valence-electron chi connectivity index (χ2n) is 1.14. The van der Waals surface area contributed by atoms with Gasteiger partial charge in [0, 0.05) is 6.07 Å². The van der Waals surface area contributed by atoms with Crippen molar-refractivity contribution in [3.05, 3.63) is 11.2 Å². The quantitative estimate of drug-likeness (QED) is 0.587. The summed E-state index contributed by atoms with van der Waals surface area (Å²) in [6, 6.07) is 1.54. The molecule has 0 spiro atoms. The number of halogens is 1. The highest BCUT2D eigenvalue weighted by atomic mass is 35.5. The number of aromatic amines is 1. The van der Waals surface area contributed by atoms with Crippen LogP contribution < -0.4 is 5.73 Å². The van der Waals surface area contributed by atoms with Gasteiger partial charge in [0.05, 0.1) is 0 Å². The first-order valence-electron chi connectivity index (χ1n) is 2.75. The average Bonchev–Trinajstić information content (AvgIpc) is 2.20. The highest BCUT2D eigenvalue weighted by molar-refractivity contribution is 6.29. The van der Waals surface area contributed by atoms with E-state index in [0.29, 0.717) is 11.0 Å². The van der Waals surface area contributed by atoms with Gasteiger partial charge in [0.2, 0.25) is 0 Å². The summed E-state index contributed by atoms with van der Waals surface area (Å²) in [7, 11) is 0. The Kier molecular flexibility index (Phi) is 3.88. The summed E-state index contributed by atoms with van der Waals surface area (Å²) in [5.41, 5.74) is 5.15. The lowest BCUT2D eigenvalue weighted by Gasteiger charge is -1.67. The first-order chi connectivity index (χ1) is 4.29. The zero-order valence-electron chi connectivity index (χ0n) is 5.48. The standard InChI is InChI=1S/C3H4ClN3.C2H6/c4-2-1-3(5)7-6-2;1-2/h1H,(H3,5,6,7);1-2H3. The summed E-state index contributed by atoms with van der Waals surface area (Å²) in [6.07, 6.45) is 0. The lowest BCUT2D eigenvalue weighted by molar-refractivity contribution is 1.10. The van der Waals surface area contributed by atoms with E-state index in [-0.39, 0.29) is 0 Å². The van der Waals surface area contributed by atoms with Crippen LogP contribution in [-0.4, -0.2) is 10.2 Å². The topological polar surface area (TPSA) is 54.7 Å². The molecule has 52 valence electrons. The lowest BCUT2D eigenvalue weighted by atomic mass is 10.7. The Bertz CT molecular complexity index is 144. The predicted molar refractivity (Wildman–Crippen MR) is 39.4 cm³/mol. The molecule has 0 unspecified atom stereocenters. The van der Waals surface area contributed by atoms with Crippen LogP contribution in [0.4, 0.5) is 5.82 Å². The number of anilines is 1. The summed E-state index contributed by atoms with van der Waals surface area (Å²) in [5, 5.41) is 6.47. The van der Waals surface area contributed by atoms with E-state index in [4.69, 9.17) is 17.3 Å². The molecular formula is C5H10ClN3. The molecule has 9 heavy (non-hydrogen) atoms. The number of nitrogens with one attached hydrogen (secondary N) is 1. The van der Waals surface area contributed by atoms with E-state index in [1.807, 2.05) is 13.8 Å². The maximum atomic E-state index is 5.36. The van der Waals surface area contributed by atoms with Crippen molar-refractivity contribution < 1.29 is 0 Å². The van der Waals surface area contributed by atoms with Crippen LogP contribution in [0.5, 0.6) is 0 Å². The molecule has 0 aromatic carbocycles. The Balaban J connectivity index is 0.000000291. The van der Waals surface area contributed by atoms with Gasteiger partial charge in [0.15, 0.2) is 0 Å². The molecule has 3 N–H and O–H groups in total. The zero-order chi connectivity index (χ0) is 7.28. The van der Waals surface area contributed by atoms with Gasteiger partial charge in [-0.1, -0.05) is 25.4 Å².